The summed E-state index contributed by atoms with van der Waals surface area (Å²) in [5, 5.41) is 0. The summed E-state index contributed by atoms with van der Waals surface area (Å²) in [5.41, 5.74) is 6.76. The van der Waals surface area contributed by atoms with E-state index in [4.69, 9.17) is 5.73 Å². The fourth-order valence-electron chi connectivity index (χ4n) is 2.09. The molecule has 2 N–H and O–H groups in total. The lowest BCUT2D eigenvalue weighted by Gasteiger charge is -2.35. The van der Waals surface area contributed by atoms with Gasteiger partial charge in [0.25, 0.3) is 0 Å². The maximum absolute atomic E-state index is 5.52. The predicted octanol–water partition coefficient (Wildman–Crippen LogP) is 0.552. The Hall–Kier alpha value is -1.13. The molecule has 16 heavy (non-hydrogen) atoms. The number of piperazine rings is 1. The standard InChI is InChI=1S/C12H20N4/c13-4-2-6-15-7-9-16(10-8-15)12-3-1-5-14-11-12/h1,3,5,11H,2,4,6-10,13H2. The van der Waals surface area contributed by atoms with Crippen molar-refractivity contribution in [1.82, 2.24) is 9.88 Å². The smallest absolute Gasteiger partial charge is 0.0553 e. The molecule has 0 bridgehead atoms. The number of pyridine rings is 1. The fourth-order valence-corrected chi connectivity index (χ4v) is 2.09. The summed E-state index contributed by atoms with van der Waals surface area (Å²) in [4.78, 5) is 9.04. The summed E-state index contributed by atoms with van der Waals surface area (Å²) in [7, 11) is 0. The van der Waals surface area contributed by atoms with Crippen LogP contribution in [0.5, 0.6) is 0 Å². The van der Waals surface area contributed by atoms with Gasteiger partial charge in [0.1, 0.15) is 0 Å². The van der Waals surface area contributed by atoms with E-state index >= 15 is 0 Å². The summed E-state index contributed by atoms with van der Waals surface area (Å²) in [6.45, 7) is 6.39. The highest BCUT2D eigenvalue weighted by Gasteiger charge is 2.16. The lowest BCUT2D eigenvalue weighted by molar-refractivity contribution is 0.256. The lowest BCUT2D eigenvalue weighted by Crippen LogP contribution is -2.46. The van der Waals surface area contributed by atoms with Crippen LogP contribution in [0.15, 0.2) is 24.5 Å². The van der Waals surface area contributed by atoms with E-state index in [-0.39, 0.29) is 0 Å². The zero-order valence-electron chi connectivity index (χ0n) is 9.68. The Kier molecular flexibility index (Phi) is 4.13. The second kappa shape index (κ2) is 5.82. The third-order valence-electron chi connectivity index (χ3n) is 3.06. The van der Waals surface area contributed by atoms with Crippen molar-refractivity contribution in [2.75, 3.05) is 44.2 Å². The van der Waals surface area contributed by atoms with Gasteiger partial charge in [-0.3, -0.25) is 9.88 Å². The summed E-state index contributed by atoms with van der Waals surface area (Å²) in [5.74, 6) is 0. The van der Waals surface area contributed by atoms with E-state index in [0.29, 0.717) is 0 Å². The van der Waals surface area contributed by atoms with E-state index in [0.717, 1.165) is 45.7 Å². The average Bonchev–Trinajstić information content (AvgIpc) is 2.38. The van der Waals surface area contributed by atoms with Gasteiger partial charge in [-0.15, -0.1) is 0 Å². The highest BCUT2D eigenvalue weighted by molar-refractivity contribution is 5.43. The minimum Gasteiger partial charge on any atom is -0.368 e. The highest BCUT2D eigenvalue weighted by atomic mass is 15.3. The Morgan fingerprint density at radius 2 is 2.06 bits per heavy atom. The number of nitrogens with zero attached hydrogens (tertiary/aromatic N) is 3. The number of hydrogen-bond acceptors (Lipinski definition) is 4. The van der Waals surface area contributed by atoms with Crippen molar-refractivity contribution in [2.24, 2.45) is 5.73 Å². The SMILES string of the molecule is NCCCN1CCN(c2cccnc2)CC1. The van der Waals surface area contributed by atoms with E-state index in [9.17, 15) is 0 Å². The zero-order valence-corrected chi connectivity index (χ0v) is 9.68. The van der Waals surface area contributed by atoms with Crippen LogP contribution in [-0.2, 0) is 0 Å². The molecule has 4 nitrogen and oxygen atoms in total. The first-order chi connectivity index (χ1) is 7.90. The Morgan fingerprint density at radius 3 is 2.69 bits per heavy atom. The molecule has 4 heteroatoms. The van der Waals surface area contributed by atoms with Gasteiger partial charge in [0.2, 0.25) is 0 Å². The monoisotopic (exact) mass is 220 g/mol. The Bertz CT molecular complexity index is 293. The highest BCUT2D eigenvalue weighted by Crippen LogP contribution is 2.14. The molecule has 1 aromatic heterocycles. The van der Waals surface area contributed by atoms with Gasteiger partial charge in [-0.25, -0.2) is 0 Å². The molecule has 0 radical (unpaired) electrons. The van der Waals surface area contributed by atoms with Crippen LogP contribution in [0.2, 0.25) is 0 Å². The molecule has 0 unspecified atom stereocenters. The van der Waals surface area contributed by atoms with Gasteiger partial charge >= 0.3 is 0 Å². The first-order valence-electron chi connectivity index (χ1n) is 5.97. The number of nitrogens with two attached hydrogens (primary N) is 1. The molecule has 1 aliphatic rings. The molecule has 2 heterocycles. The molecule has 1 aliphatic heterocycles. The first-order valence-corrected chi connectivity index (χ1v) is 5.97. The normalized spacial score (nSPS) is 17.7. The van der Waals surface area contributed by atoms with Gasteiger partial charge in [0.15, 0.2) is 0 Å². The molecule has 0 spiro atoms. The average molecular weight is 220 g/mol. The van der Waals surface area contributed by atoms with E-state index in [1.165, 1.54) is 5.69 Å². The lowest BCUT2D eigenvalue weighted by atomic mass is 10.2. The number of hydrogen-bond donors (Lipinski definition) is 1. The minimum atomic E-state index is 0.794. The van der Waals surface area contributed by atoms with E-state index < -0.39 is 0 Å². The molecule has 1 fully saturated rings. The molecular formula is C12H20N4. The summed E-state index contributed by atoms with van der Waals surface area (Å²) >= 11 is 0. The molecule has 0 aliphatic carbocycles. The number of aromatic nitrogens is 1. The fraction of sp³-hybridized carbons (Fsp3) is 0.583. The zero-order chi connectivity index (χ0) is 11.2. The number of anilines is 1. The maximum atomic E-state index is 5.52. The minimum absolute atomic E-state index is 0.794. The van der Waals surface area contributed by atoms with Crippen molar-refractivity contribution >= 4 is 5.69 Å². The van der Waals surface area contributed by atoms with Crippen molar-refractivity contribution in [3.8, 4) is 0 Å². The quantitative estimate of drug-likeness (QED) is 0.805. The summed E-state index contributed by atoms with van der Waals surface area (Å²) in [6, 6.07) is 4.12. The van der Waals surface area contributed by atoms with Crippen LogP contribution < -0.4 is 10.6 Å². The van der Waals surface area contributed by atoms with Crippen molar-refractivity contribution in [2.45, 2.75) is 6.42 Å². The largest absolute Gasteiger partial charge is 0.368 e. The van der Waals surface area contributed by atoms with Crippen LogP contribution in [0.4, 0.5) is 5.69 Å². The molecule has 0 aromatic carbocycles. The van der Waals surface area contributed by atoms with Crippen LogP contribution in [0.25, 0.3) is 0 Å². The van der Waals surface area contributed by atoms with Crippen LogP contribution in [0.1, 0.15) is 6.42 Å². The molecule has 2 rings (SSSR count). The van der Waals surface area contributed by atoms with Crippen molar-refractivity contribution in [1.29, 1.82) is 0 Å². The van der Waals surface area contributed by atoms with Gasteiger partial charge < -0.3 is 10.6 Å². The van der Waals surface area contributed by atoms with Crippen LogP contribution in [0, 0.1) is 0 Å². The maximum Gasteiger partial charge on any atom is 0.0553 e. The molecule has 1 aromatic rings. The second-order valence-electron chi connectivity index (χ2n) is 4.18. The van der Waals surface area contributed by atoms with Crippen molar-refractivity contribution in [3.63, 3.8) is 0 Å². The Morgan fingerprint density at radius 1 is 1.25 bits per heavy atom. The van der Waals surface area contributed by atoms with Crippen LogP contribution in [-0.4, -0.2) is 49.2 Å². The molecule has 1 saturated heterocycles. The van der Waals surface area contributed by atoms with Crippen LogP contribution >= 0.6 is 0 Å². The van der Waals surface area contributed by atoms with Gasteiger partial charge in [0.05, 0.1) is 11.9 Å². The molecule has 0 saturated carbocycles. The number of rotatable bonds is 4. The van der Waals surface area contributed by atoms with E-state index in [1.807, 2.05) is 18.5 Å². The molecule has 88 valence electrons. The predicted molar refractivity (Wildman–Crippen MR) is 66.6 cm³/mol. The van der Waals surface area contributed by atoms with Crippen molar-refractivity contribution in [3.05, 3.63) is 24.5 Å². The summed E-state index contributed by atoms with van der Waals surface area (Å²) < 4.78 is 0. The molecular weight excluding hydrogens is 200 g/mol. The first kappa shape index (κ1) is 11.4. The molecule has 0 amide bonds. The Balaban J connectivity index is 1.81. The van der Waals surface area contributed by atoms with E-state index in [1.54, 1.807) is 0 Å². The van der Waals surface area contributed by atoms with Gasteiger partial charge in [-0.05, 0) is 31.6 Å². The third-order valence-corrected chi connectivity index (χ3v) is 3.06. The topological polar surface area (TPSA) is 45.4 Å². The van der Waals surface area contributed by atoms with Crippen molar-refractivity contribution < 1.29 is 0 Å². The van der Waals surface area contributed by atoms with Gasteiger partial charge in [-0.1, -0.05) is 0 Å². The molecule has 0 atom stereocenters. The van der Waals surface area contributed by atoms with Crippen LogP contribution in [0.3, 0.4) is 0 Å². The Labute approximate surface area is 97.1 Å². The third kappa shape index (κ3) is 2.93. The summed E-state index contributed by atoms with van der Waals surface area (Å²) in [6.07, 6.45) is 4.86. The van der Waals surface area contributed by atoms with Gasteiger partial charge in [0, 0.05) is 32.4 Å². The van der Waals surface area contributed by atoms with E-state index in [2.05, 4.69) is 20.9 Å². The van der Waals surface area contributed by atoms with Gasteiger partial charge in [-0.2, -0.15) is 0 Å². The second-order valence-corrected chi connectivity index (χ2v) is 4.18.